The minimum Gasteiger partial charge on any atom is -0.291 e. The third-order valence-electron chi connectivity index (χ3n) is 5.53. The van der Waals surface area contributed by atoms with Crippen LogP contribution in [0.1, 0.15) is 78.6 Å². The van der Waals surface area contributed by atoms with E-state index in [0.29, 0.717) is 0 Å². The molecule has 2 rings (SSSR count). The van der Waals surface area contributed by atoms with Crippen molar-refractivity contribution in [2.75, 3.05) is 0 Å². The molecule has 2 saturated carbocycles. The molecule has 0 N–H and O–H groups in total. The summed E-state index contributed by atoms with van der Waals surface area (Å²) in [4.78, 5) is 2.98. The van der Waals surface area contributed by atoms with Crippen molar-refractivity contribution >= 4 is 10.2 Å². The predicted octanol–water partition coefficient (Wildman–Crippen LogP) is 3.61. The highest BCUT2D eigenvalue weighted by atomic mass is 28.1. The fourth-order valence-corrected chi connectivity index (χ4v) is 4.62. The topological polar surface area (TPSA) is 3.24 Å². The van der Waals surface area contributed by atoms with Crippen LogP contribution in [-0.2, 0) is 0 Å². The van der Waals surface area contributed by atoms with Crippen molar-refractivity contribution in [3.63, 3.8) is 0 Å². The molecule has 0 amide bonds. The first-order valence-corrected chi connectivity index (χ1v) is 9.56. The van der Waals surface area contributed by atoms with Gasteiger partial charge in [-0.25, -0.2) is 0 Å². The zero-order valence-electron chi connectivity index (χ0n) is 13.5. The molecule has 2 fully saturated rings. The molecule has 1 atom stereocenters. The number of allylic oxidation sites excluding steroid dienone is 1. The Labute approximate surface area is 123 Å². The summed E-state index contributed by atoms with van der Waals surface area (Å²) in [7, 11) is 1.23. The first-order valence-electron chi connectivity index (χ1n) is 8.56. The first-order chi connectivity index (χ1) is 9.15. The van der Waals surface area contributed by atoms with Crippen LogP contribution in [0.15, 0.2) is 10.8 Å². The standard InChI is InChI=1S/C17H33NSi/c1-4-17(13(2)14(3)19)18(15-9-5-6-10-15)16-11-7-8-12-16/h15-17H,4-12H2,1-3,19H3. The maximum atomic E-state index is 2.98. The zero-order chi connectivity index (χ0) is 13.8. The normalized spacial score (nSPS) is 25.3. The summed E-state index contributed by atoms with van der Waals surface area (Å²) in [5.74, 6) is 0. The minimum absolute atomic E-state index is 0.740. The summed E-state index contributed by atoms with van der Waals surface area (Å²) < 4.78 is 0. The van der Waals surface area contributed by atoms with Crippen molar-refractivity contribution in [2.45, 2.75) is 96.7 Å². The lowest BCUT2D eigenvalue weighted by Gasteiger charge is -2.42. The van der Waals surface area contributed by atoms with E-state index in [4.69, 9.17) is 0 Å². The molecule has 0 bridgehead atoms. The summed E-state index contributed by atoms with van der Waals surface area (Å²) in [6, 6.07) is 2.52. The van der Waals surface area contributed by atoms with Crippen LogP contribution in [0.25, 0.3) is 0 Å². The van der Waals surface area contributed by atoms with Gasteiger partial charge in [0.2, 0.25) is 0 Å². The van der Waals surface area contributed by atoms with E-state index in [0.717, 1.165) is 18.1 Å². The highest BCUT2D eigenvalue weighted by Gasteiger charge is 2.35. The van der Waals surface area contributed by atoms with E-state index in [-0.39, 0.29) is 0 Å². The van der Waals surface area contributed by atoms with Gasteiger partial charge in [-0.1, -0.05) is 43.4 Å². The van der Waals surface area contributed by atoms with E-state index < -0.39 is 0 Å². The maximum absolute atomic E-state index is 2.98. The molecule has 1 nitrogen and oxygen atoms in total. The van der Waals surface area contributed by atoms with Crippen molar-refractivity contribution in [3.05, 3.63) is 10.8 Å². The summed E-state index contributed by atoms with van der Waals surface area (Å²) >= 11 is 0. The fraction of sp³-hybridized carbons (Fsp3) is 0.882. The molecule has 2 aliphatic rings. The molecule has 0 aromatic rings. The molecule has 0 aliphatic heterocycles. The van der Waals surface area contributed by atoms with Crippen molar-refractivity contribution in [3.8, 4) is 0 Å². The lowest BCUT2D eigenvalue weighted by atomic mass is 9.97. The Morgan fingerprint density at radius 3 is 1.74 bits per heavy atom. The van der Waals surface area contributed by atoms with Crippen LogP contribution in [0, 0.1) is 0 Å². The minimum atomic E-state index is 0.740. The summed E-state index contributed by atoms with van der Waals surface area (Å²) in [6.07, 6.45) is 13.0. The molecule has 0 aromatic heterocycles. The van der Waals surface area contributed by atoms with Crippen molar-refractivity contribution < 1.29 is 0 Å². The van der Waals surface area contributed by atoms with Crippen LogP contribution in [0.3, 0.4) is 0 Å². The average molecular weight is 280 g/mol. The van der Waals surface area contributed by atoms with E-state index in [1.54, 1.807) is 10.8 Å². The molecule has 2 aliphatic carbocycles. The van der Waals surface area contributed by atoms with Gasteiger partial charge >= 0.3 is 0 Å². The molecule has 0 spiro atoms. The van der Waals surface area contributed by atoms with Crippen molar-refractivity contribution in [1.29, 1.82) is 0 Å². The lowest BCUT2D eigenvalue weighted by molar-refractivity contribution is 0.0959. The Morgan fingerprint density at radius 2 is 1.42 bits per heavy atom. The smallest absolute Gasteiger partial charge is 0.0329 e. The van der Waals surface area contributed by atoms with Gasteiger partial charge in [0.1, 0.15) is 0 Å². The van der Waals surface area contributed by atoms with Crippen LogP contribution >= 0.6 is 0 Å². The van der Waals surface area contributed by atoms with Crippen LogP contribution in [0.4, 0.5) is 0 Å². The Bertz CT molecular complexity index is 291. The largest absolute Gasteiger partial charge is 0.291 e. The van der Waals surface area contributed by atoms with Crippen LogP contribution in [-0.4, -0.2) is 33.3 Å². The van der Waals surface area contributed by atoms with Crippen molar-refractivity contribution in [2.24, 2.45) is 0 Å². The molecule has 0 heterocycles. The Balaban J connectivity index is 2.21. The molecular formula is C17H33NSi. The second kappa shape index (κ2) is 7.08. The molecular weight excluding hydrogens is 246 g/mol. The summed E-state index contributed by atoms with van der Waals surface area (Å²) in [5.41, 5.74) is 1.70. The van der Waals surface area contributed by atoms with Crippen LogP contribution in [0.5, 0.6) is 0 Å². The molecule has 2 heteroatoms. The number of hydrogen-bond acceptors (Lipinski definition) is 1. The molecule has 0 aromatic carbocycles. The van der Waals surface area contributed by atoms with Gasteiger partial charge in [-0.15, -0.1) is 0 Å². The van der Waals surface area contributed by atoms with Gasteiger partial charge in [-0.05, 0) is 46.0 Å². The first kappa shape index (κ1) is 15.3. The van der Waals surface area contributed by atoms with Crippen molar-refractivity contribution in [1.82, 2.24) is 4.90 Å². The van der Waals surface area contributed by atoms with Gasteiger partial charge < -0.3 is 0 Å². The second-order valence-electron chi connectivity index (χ2n) is 6.93. The number of rotatable bonds is 5. The van der Waals surface area contributed by atoms with E-state index in [1.807, 2.05) is 0 Å². The average Bonchev–Trinajstić information content (AvgIpc) is 3.07. The van der Waals surface area contributed by atoms with E-state index >= 15 is 0 Å². The highest BCUT2D eigenvalue weighted by molar-refractivity contribution is 6.21. The zero-order valence-corrected chi connectivity index (χ0v) is 15.5. The molecule has 0 radical (unpaired) electrons. The quantitative estimate of drug-likeness (QED) is 0.695. The number of hydrogen-bond donors (Lipinski definition) is 0. The fourth-order valence-electron chi connectivity index (χ4n) is 4.29. The lowest BCUT2D eigenvalue weighted by Crippen LogP contribution is -2.48. The molecule has 1 unspecified atom stereocenters. The third kappa shape index (κ3) is 3.52. The maximum Gasteiger partial charge on any atom is 0.0329 e. The Kier molecular flexibility index (Phi) is 5.70. The molecule has 19 heavy (non-hydrogen) atoms. The van der Waals surface area contributed by atoms with Gasteiger partial charge in [0.15, 0.2) is 0 Å². The van der Waals surface area contributed by atoms with E-state index in [1.165, 1.54) is 68.0 Å². The second-order valence-corrected chi connectivity index (χ2v) is 8.43. The van der Waals surface area contributed by atoms with Crippen LogP contribution in [0.2, 0.25) is 0 Å². The van der Waals surface area contributed by atoms with Gasteiger partial charge in [-0.2, -0.15) is 0 Å². The monoisotopic (exact) mass is 279 g/mol. The highest BCUT2D eigenvalue weighted by Crippen LogP contribution is 2.35. The van der Waals surface area contributed by atoms with Gasteiger partial charge in [0, 0.05) is 28.4 Å². The Hall–Kier alpha value is -0.0831. The predicted molar refractivity (Wildman–Crippen MR) is 88.7 cm³/mol. The van der Waals surface area contributed by atoms with Gasteiger partial charge in [0.25, 0.3) is 0 Å². The molecule has 0 saturated heterocycles. The SMILES string of the molecule is CCC(C(C)=C(C)[SiH3])N(C1CCCC1)C1CCCC1. The third-order valence-corrected chi connectivity index (χ3v) is 6.32. The number of nitrogens with zero attached hydrogens (tertiary/aromatic N) is 1. The molecule has 110 valence electrons. The van der Waals surface area contributed by atoms with E-state index in [9.17, 15) is 0 Å². The van der Waals surface area contributed by atoms with Gasteiger partial charge in [0.05, 0.1) is 0 Å². The summed E-state index contributed by atoms with van der Waals surface area (Å²) in [6.45, 7) is 7.16. The van der Waals surface area contributed by atoms with E-state index in [2.05, 4.69) is 25.7 Å². The van der Waals surface area contributed by atoms with Gasteiger partial charge in [-0.3, -0.25) is 4.90 Å². The Morgan fingerprint density at radius 1 is 1.00 bits per heavy atom. The summed E-state index contributed by atoms with van der Waals surface area (Å²) in [5, 5.41) is 1.67. The van der Waals surface area contributed by atoms with Crippen LogP contribution < -0.4 is 0 Å².